The molecule has 0 bridgehead atoms. The number of esters is 4. The Morgan fingerprint density at radius 1 is 0.311 bits per heavy atom. The van der Waals surface area contributed by atoms with Crippen molar-refractivity contribution in [3.05, 3.63) is 259 Å². The zero-order valence-corrected chi connectivity index (χ0v) is 40.3. The predicted molar refractivity (Wildman–Crippen MR) is 284 cm³/mol. The minimum atomic E-state index is -1.24. The van der Waals surface area contributed by atoms with E-state index in [9.17, 15) is 19.2 Å². The first-order valence-corrected chi connectivity index (χ1v) is 22.9. The molecular formula is C66H42O8. The standard InChI is InChI=1S/C66H42O8/c1-9-45-30-42(6)33-50(37-45)62(67)71-58-22-14-54(15-23-58)66(55-16-24-59(25-17-55)72-63(68)51-34-43(7)31-46(10-2)38-51,56-18-26-60(27-19-56)73-64(69)52-35-44(8)32-47(11-3)39-52)57-20-28-61(29-21-57)74-65(70)53-40-48(12-4)36-49(13-5)41-53/h1-5,14-41H,6-8H3. The number of hydrogen-bond donors (Lipinski definition) is 0. The molecule has 8 nitrogen and oxygen atoms in total. The molecule has 8 heteroatoms. The van der Waals surface area contributed by atoms with Crippen LogP contribution in [0.5, 0.6) is 23.0 Å². The van der Waals surface area contributed by atoms with E-state index in [1.54, 1.807) is 109 Å². The van der Waals surface area contributed by atoms with Crippen molar-refractivity contribution in [2.75, 3.05) is 0 Å². The predicted octanol–water partition coefficient (Wildman–Crippen LogP) is 11.8. The third-order valence-corrected chi connectivity index (χ3v) is 11.9. The number of terminal acetylenes is 5. The highest BCUT2D eigenvalue weighted by atomic mass is 16.5. The molecule has 0 spiro atoms. The summed E-state index contributed by atoms with van der Waals surface area (Å²) < 4.78 is 23.5. The molecule has 0 amide bonds. The van der Waals surface area contributed by atoms with Crippen molar-refractivity contribution in [1.29, 1.82) is 0 Å². The Bertz CT molecular complexity index is 3430. The fraction of sp³-hybridized carbons (Fsp3) is 0.0606. The van der Waals surface area contributed by atoms with Crippen molar-refractivity contribution < 1.29 is 38.1 Å². The van der Waals surface area contributed by atoms with Crippen LogP contribution < -0.4 is 18.9 Å². The zero-order valence-electron chi connectivity index (χ0n) is 40.3. The Morgan fingerprint density at radius 2 is 0.514 bits per heavy atom. The molecule has 0 atom stereocenters. The van der Waals surface area contributed by atoms with Gasteiger partial charge in [-0.3, -0.25) is 0 Å². The van der Waals surface area contributed by atoms with E-state index >= 15 is 0 Å². The van der Waals surface area contributed by atoms with E-state index in [4.69, 9.17) is 51.1 Å². The average molecular weight is 963 g/mol. The second-order valence-corrected chi connectivity index (χ2v) is 17.2. The fourth-order valence-electron chi connectivity index (χ4n) is 8.62. The third-order valence-electron chi connectivity index (χ3n) is 11.9. The number of hydrogen-bond acceptors (Lipinski definition) is 8. The van der Waals surface area contributed by atoms with Gasteiger partial charge >= 0.3 is 23.9 Å². The molecular weight excluding hydrogens is 921 g/mol. The van der Waals surface area contributed by atoms with Crippen LogP contribution in [0.2, 0.25) is 0 Å². The summed E-state index contributed by atoms with van der Waals surface area (Å²) >= 11 is 0. The van der Waals surface area contributed by atoms with Crippen LogP contribution >= 0.6 is 0 Å². The van der Waals surface area contributed by atoms with Gasteiger partial charge in [-0.15, -0.1) is 32.1 Å². The summed E-state index contributed by atoms with van der Waals surface area (Å²) in [6.07, 6.45) is 28.3. The summed E-state index contributed by atoms with van der Waals surface area (Å²) in [7, 11) is 0. The molecule has 0 aliphatic rings. The zero-order chi connectivity index (χ0) is 52.5. The van der Waals surface area contributed by atoms with Gasteiger partial charge in [-0.05, 0) is 181 Å². The van der Waals surface area contributed by atoms with Crippen molar-refractivity contribution in [1.82, 2.24) is 0 Å². The minimum absolute atomic E-state index is 0.172. The van der Waals surface area contributed by atoms with Gasteiger partial charge < -0.3 is 18.9 Å². The smallest absolute Gasteiger partial charge is 0.343 e. The summed E-state index contributed by atoms with van der Waals surface area (Å²) in [4.78, 5) is 54.1. The molecule has 0 N–H and O–H groups in total. The lowest BCUT2D eigenvalue weighted by Crippen LogP contribution is -2.31. The normalized spacial score (nSPS) is 10.5. The Balaban J connectivity index is 1.24. The van der Waals surface area contributed by atoms with Gasteiger partial charge in [-0.25, -0.2) is 19.2 Å². The highest BCUT2D eigenvalue weighted by Gasteiger charge is 2.39. The lowest BCUT2D eigenvalue weighted by molar-refractivity contribution is 0.0725. The quantitative estimate of drug-likeness (QED) is 0.0516. The Morgan fingerprint density at radius 3 is 0.730 bits per heavy atom. The maximum Gasteiger partial charge on any atom is 0.343 e. The number of rotatable bonds is 12. The van der Waals surface area contributed by atoms with Gasteiger partial charge in [0.25, 0.3) is 0 Å². The first kappa shape index (κ1) is 49.8. The summed E-state index contributed by atoms with van der Waals surface area (Å²) in [6.45, 7) is 5.51. The van der Waals surface area contributed by atoms with Gasteiger partial charge in [0.2, 0.25) is 0 Å². The molecule has 0 saturated heterocycles. The van der Waals surface area contributed by atoms with E-state index in [0.29, 0.717) is 50.1 Å². The van der Waals surface area contributed by atoms with Crippen molar-refractivity contribution >= 4 is 23.9 Å². The second kappa shape index (κ2) is 21.6. The monoisotopic (exact) mass is 962 g/mol. The Kier molecular flexibility index (Phi) is 14.6. The van der Waals surface area contributed by atoms with Crippen LogP contribution in [0.3, 0.4) is 0 Å². The first-order valence-electron chi connectivity index (χ1n) is 22.9. The largest absolute Gasteiger partial charge is 0.423 e. The van der Waals surface area contributed by atoms with Gasteiger partial charge in [0.1, 0.15) is 23.0 Å². The van der Waals surface area contributed by atoms with Crippen LogP contribution in [0.15, 0.2) is 170 Å². The highest BCUT2D eigenvalue weighted by Crippen LogP contribution is 2.47. The molecule has 0 heterocycles. The van der Waals surface area contributed by atoms with Crippen LogP contribution in [0.25, 0.3) is 0 Å². The molecule has 8 aromatic rings. The van der Waals surface area contributed by atoms with Crippen molar-refractivity contribution in [2.45, 2.75) is 26.2 Å². The average Bonchev–Trinajstić information content (AvgIpc) is 3.42. The molecule has 0 aliphatic heterocycles. The van der Waals surface area contributed by atoms with Gasteiger partial charge in [-0.1, -0.05) is 78.1 Å². The van der Waals surface area contributed by atoms with E-state index in [0.717, 1.165) is 16.7 Å². The summed E-state index contributed by atoms with van der Waals surface area (Å²) in [6, 6.07) is 47.8. The number of aryl methyl sites for hydroxylation is 3. The topological polar surface area (TPSA) is 105 Å². The Hall–Kier alpha value is -10.6. The van der Waals surface area contributed by atoms with E-state index < -0.39 is 29.3 Å². The summed E-state index contributed by atoms with van der Waals surface area (Å²) in [5.41, 5.74) is 7.36. The SMILES string of the molecule is C#Cc1cc(C)cc(C(=O)Oc2ccc(C(c3ccc(OC(=O)c4cc(C)cc(C#C)c4)cc3)(c3ccc(OC(=O)c4cc(C)cc(C#C)c4)cc3)c3ccc(OC(=O)c4cc(C#C)cc(C#C)c4)cc3)cc2)c1. The summed E-state index contributed by atoms with van der Waals surface area (Å²) in [5.74, 6) is 11.2. The maximum atomic E-state index is 13.5. The molecule has 0 radical (unpaired) electrons. The fourth-order valence-corrected chi connectivity index (χ4v) is 8.62. The first-order chi connectivity index (χ1) is 35.7. The molecule has 0 aromatic heterocycles. The van der Waals surface area contributed by atoms with Gasteiger partial charge in [-0.2, -0.15) is 0 Å². The van der Waals surface area contributed by atoms with E-state index in [1.165, 1.54) is 12.1 Å². The molecule has 8 rings (SSSR count). The highest BCUT2D eigenvalue weighted by molar-refractivity contribution is 5.94. The molecule has 354 valence electrons. The second-order valence-electron chi connectivity index (χ2n) is 17.2. The Labute approximate surface area is 429 Å². The van der Waals surface area contributed by atoms with Crippen LogP contribution in [0.1, 0.15) is 108 Å². The van der Waals surface area contributed by atoms with Crippen LogP contribution in [-0.4, -0.2) is 23.9 Å². The number of carbonyl (C=O) groups excluding carboxylic acids is 4. The number of carbonyl (C=O) groups is 4. The molecule has 0 aliphatic carbocycles. The van der Waals surface area contributed by atoms with Crippen LogP contribution in [0, 0.1) is 82.5 Å². The van der Waals surface area contributed by atoms with Crippen molar-refractivity contribution in [3.63, 3.8) is 0 Å². The molecule has 0 fully saturated rings. The van der Waals surface area contributed by atoms with E-state index in [2.05, 4.69) is 29.6 Å². The molecule has 0 saturated carbocycles. The molecule has 0 unspecified atom stereocenters. The number of benzene rings is 8. The third kappa shape index (κ3) is 10.9. The van der Waals surface area contributed by atoms with E-state index in [-0.39, 0.29) is 45.3 Å². The van der Waals surface area contributed by atoms with E-state index in [1.807, 2.05) is 69.3 Å². The van der Waals surface area contributed by atoms with Crippen LogP contribution in [0.4, 0.5) is 0 Å². The lowest BCUT2D eigenvalue weighted by Gasteiger charge is -2.37. The van der Waals surface area contributed by atoms with Crippen LogP contribution in [-0.2, 0) is 5.41 Å². The lowest BCUT2D eigenvalue weighted by atomic mass is 9.65. The minimum Gasteiger partial charge on any atom is -0.423 e. The maximum absolute atomic E-state index is 13.5. The van der Waals surface area contributed by atoms with Crippen molar-refractivity contribution in [2.24, 2.45) is 0 Å². The van der Waals surface area contributed by atoms with Gasteiger partial charge in [0.05, 0.1) is 27.7 Å². The molecule has 74 heavy (non-hydrogen) atoms. The number of ether oxygens (including phenoxy) is 4. The van der Waals surface area contributed by atoms with Gasteiger partial charge in [0.15, 0.2) is 0 Å². The molecule has 8 aromatic carbocycles. The van der Waals surface area contributed by atoms with Gasteiger partial charge in [0, 0.05) is 27.8 Å². The van der Waals surface area contributed by atoms with Crippen molar-refractivity contribution in [3.8, 4) is 84.7 Å². The summed E-state index contributed by atoms with van der Waals surface area (Å²) in [5, 5.41) is 0.